The van der Waals surface area contributed by atoms with E-state index in [1.807, 2.05) is 32.6 Å². The number of piperidine rings is 1. The molecule has 0 radical (unpaired) electrons. The standard InChI is InChI=1S/C19H24BrN5O3/c1-10-15(20)23-25-9-12(7-21-16(10)25)17(26)24-8-11-5-6-13(24)14(11)22-18(27)28-19(2,3)4/h7,9,11,13-14H,5-6,8H2,1-4H3,(H,22,27)/t11?,13?,14-/m1/s1. The van der Waals surface area contributed by atoms with Crippen molar-refractivity contribution in [3.63, 3.8) is 0 Å². The number of rotatable bonds is 2. The largest absolute Gasteiger partial charge is 0.444 e. The molecule has 150 valence electrons. The van der Waals surface area contributed by atoms with Crippen LogP contribution in [0.3, 0.4) is 0 Å². The molecule has 1 aliphatic heterocycles. The number of hydrogen-bond donors (Lipinski definition) is 1. The average Bonchev–Trinajstić information content (AvgIpc) is 3.24. The van der Waals surface area contributed by atoms with Crippen molar-refractivity contribution < 1.29 is 14.3 Å². The van der Waals surface area contributed by atoms with E-state index in [9.17, 15) is 9.59 Å². The maximum atomic E-state index is 13.1. The highest BCUT2D eigenvalue weighted by Gasteiger charge is 2.49. The molecule has 1 N–H and O–H groups in total. The number of alkyl carbamates (subject to hydrolysis) is 1. The number of ether oxygens (including phenoxy) is 1. The van der Waals surface area contributed by atoms with Crippen molar-refractivity contribution in [2.24, 2.45) is 5.92 Å². The Kier molecular flexibility index (Phi) is 4.60. The highest BCUT2D eigenvalue weighted by atomic mass is 79.9. The molecule has 2 unspecified atom stereocenters. The van der Waals surface area contributed by atoms with Crippen molar-refractivity contribution in [2.75, 3.05) is 6.54 Å². The minimum atomic E-state index is -0.547. The molecule has 28 heavy (non-hydrogen) atoms. The SMILES string of the molecule is Cc1c(Br)nn2cc(C(=O)N3CC4CCC3[C@@H]4NC(=O)OC(C)(C)C)cnc12. The summed E-state index contributed by atoms with van der Waals surface area (Å²) in [6, 6.07) is -0.0941. The zero-order valence-electron chi connectivity index (χ0n) is 16.4. The van der Waals surface area contributed by atoms with Gasteiger partial charge in [0, 0.05) is 24.5 Å². The fourth-order valence-corrected chi connectivity index (χ4v) is 4.54. The fraction of sp³-hybridized carbons (Fsp3) is 0.579. The molecule has 2 amide bonds. The fourth-order valence-electron chi connectivity index (χ4n) is 4.19. The van der Waals surface area contributed by atoms with E-state index in [0.717, 1.165) is 24.1 Å². The number of carbonyl (C=O) groups excluding carboxylic acids is 2. The molecular weight excluding hydrogens is 426 g/mol. The van der Waals surface area contributed by atoms with Crippen LogP contribution in [0.15, 0.2) is 17.0 Å². The first-order valence-electron chi connectivity index (χ1n) is 9.45. The molecule has 1 saturated heterocycles. The number of carbonyl (C=O) groups is 2. The van der Waals surface area contributed by atoms with Gasteiger partial charge < -0.3 is 15.0 Å². The van der Waals surface area contributed by atoms with Gasteiger partial charge in [0.25, 0.3) is 5.91 Å². The van der Waals surface area contributed by atoms with Crippen molar-refractivity contribution in [3.8, 4) is 0 Å². The van der Waals surface area contributed by atoms with Crippen LogP contribution in [-0.2, 0) is 4.74 Å². The predicted molar refractivity (Wildman–Crippen MR) is 106 cm³/mol. The van der Waals surface area contributed by atoms with Gasteiger partial charge in [0.1, 0.15) is 10.2 Å². The summed E-state index contributed by atoms with van der Waals surface area (Å²) in [4.78, 5) is 31.6. The second-order valence-electron chi connectivity index (χ2n) is 8.56. The molecule has 2 aliphatic rings. The maximum absolute atomic E-state index is 13.1. The first-order valence-corrected chi connectivity index (χ1v) is 10.2. The van der Waals surface area contributed by atoms with E-state index in [4.69, 9.17) is 4.74 Å². The third-order valence-electron chi connectivity index (χ3n) is 5.42. The molecule has 0 aromatic carbocycles. The molecule has 9 heteroatoms. The number of halogens is 1. The summed E-state index contributed by atoms with van der Waals surface area (Å²) in [7, 11) is 0. The monoisotopic (exact) mass is 449 g/mol. The van der Waals surface area contributed by atoms with Gasteiger partial charge in [-0.05, 0) is 62.4 Å². The number of nitrogens with zero attached hydrogens (tertiary/aromatic N) is 4. The topological polar surface area (TPSA) is 88.8 Å². The quantitative estimate of drug-likeness (QED) is 0.760. The second-order valence-corrected chi connectivity index (χ2v) is 9.31. The number of likely N-dealkylation sites (tertiary alicyclic amines) is 1. The smallest absolute Gasteiger partial charge is 0.407 e. The van der Waals surface area contributed by atoms with Gasteiger partial charge in [-0.3, -0.25) is 4.79 Å². The third-order valence-corrected chi connectivity index (χ3v) is 6.18. The summed E-state index contributed by atoms with van der Waals surface area (Å²) in [6.45, 7) is 8.07. The van der Waals surface area contributed by atoms with Crippen LogP contribution in [0, 0.1) is 12.8 Å². The predicted octanol–water partition coefficient (Wildman–Crippen LogP) is 2.93. The van der Waals surface area contributed by atoms with Crippen molar-refractivity contribution in [1.82, 2.24) is 24.8 Å². The molecule has 4 rings (SSSR count). The lowest BCUT2D eigenvalue weighted by Gasteiger charge is -2.28. The molecule has 3 heterocycles. The summed E-state index contributed by atoms with van der Waals surface area (Å²) in [5.41, 5.74) is 1.59. The summed E-state index contributed by atoms with van der Waals surface area (Å²) >= 11 is 3.39. The van der Waals surface area contributed by atoms with Gasteiger partial charge in [0.2, 0.25) is 0 Å². The van der Waals surface area contributed by atoms with Crippen LogP contribution in [-0.4, -0.2) is 55.7 Å². The molecule has 0 spiro atoms. The first-order chi connectivity index (χ1) is 13.1. The molecule has 2 aromatic heterocycles. The van der Waals surface area contributed by atoms with E-state index in [1.165, 1.54) is 0 Å². The van der Waals surface area contributed by atoms with Crippen LogP contribution < -0.4 is 5.32 Å². The lowest BCUT2D eigenvalue weighted by atomic mass is 10.1. The van der Waals surface area contributed by atoms with Gasteiger partial charge in [-0.15, -0.1) is 0 Å². The first kappa shape index (κ1) is 19.2. The molecule has 2 fully saturated rings. The van der Waals surface area contributed by atoms with Crippen LogP contribution >= 0.6 is 15.9 Å². The van der Waals surface area contributed by atoms with Crippen molar-refractivity contribution in [2.45, 2.75) is 58.2 Å². The molecular formula is C19H24BrN5O3. The third kappa shape index (κ3) is 3.36. The van der Waals surface area contributed by atoms with E-state index >= 15 is 0 Å². The highest BCUT2D eigenvalue weighted by molar-refractivity contribution is 9.10. The zero-order chi connectivity index (χ0) is 20.2. The van der Waals surface area contributed by atoms with E-state index in [1.54, 1.807) is 16.9 Å². The van der Waals surface area contributed by atoms with Gasteiger partial charge in [0.15, 0.2) is 5.65 Å². The summed E-state index contributed by atoms with van der Waals surface area (Å²) in [5.74, 6) is 0.168. The minimum absolute atomic E-state index is 0.0215. The Morgan fingerprint density at radius 1 is 1.32 bits per heavy atom. The Morgan fingerprint density at radius 2 is 2.07 bits per heavy atom. The van der Waals surface area contributed by atoms with Crippen molar-refractivity contribution in [1.29, 1.82) is 0 Å². The molecule has 1 saturated carbocycles. The van der Waals surface area contributed by atoms with E-state index in [2.05, 4.69) is 31.3 Å². The Bertz CT molecular complexity index is 951. The number of amides is 2. The Hall–Kier alpha value is -2.16. The summed E-state index contributed by atoms with van der Waals surface area (Å²) < 4.78 is 7.72. The van der Waals surface area contributed by atoms with E-state index < -0.39 is 11.7 Å². The Labute approximate surface area is 171 Å². The summed E-state index contributed by atoms with van der Waals surface area (Å²) in [6.07, 6.45) is 4.76. The lowest BCUT2D eigenvalue weighted by molar-refractivity contribution is 0.0485. The van der Waals surface area contributed by atoms with Crippen molar-refractivity contribution in [3.05, 3.63) is 28.1 Å². The van der Waals surface area contributed by atoms with Crippen LogP contribution in [0.5, 0.6) is 0 Å². The Balaban J connectivity index is 1.51. The van der Waals surface area contributed by atoms with E-state index in [0.29, 0.717) is 16.7 Å². The van der Waals surface area contributed by atoms with Crippen LogP contribution in [0.2, 0.25) is 0 Å². The number of hydrogen-bond acceptors (Lipinski definition) is 5. The Morgan fingerprint density at radius 3 is 2.79 bits per heavy atom. The molecule has 8 nitrogen and oxygen atoms in total. The van der Waals surface area contributed by atoms with Crippen LogP contribution in [0.1, 0.15) is 49.5 Å². The van der Waals surface area contributed by atoms with Gasteiger partial charge >= 0.3 is 6.09 Å². The molecule has 1 aliphatic carbocycles. The number of aryl methyl sites for hydroxylation is 1. The van der Waals surface area contributed by atoms with Gasteiger partial charge in [0.05, 0.1) is 17.6 Å². The number of nitrogens with one attached hydrogen (secondary N) is 1. The normalized spacial score (nSPS) is 24.0. The summed E-state index contributed by atoms with van der Waals surface area (Å²) in [5, 5.41) is 7.32. The van der Waals surface area contributed by atoms with Gasteiger partial charge in [-0.25, -0.2) is 14.3 Å². The lowest BCUT2D eigenvalue weighted by Crippen LogP contribution is -2.46. The molecule has 2 bridgehead atoms. The number of aromatic nitrogens is 3. The van der Waals surface area contributed by atoms with Gasteiger partial charge in [-0.1, -0.05) is 0 Å². The highest BCUT2D eigenvalue weighted by Crippen LogP contribution is 2.38. The maximum Gasteiger partial charge on any atom is 0.407 e. The minimum Gasteiger partial charge on any atom is -0.444 e. The van der Waals surface area contributed by atoms with Crippen LogP contribution in [0.25, 0.3) is 5.65 Å². The molecule has 2 aromatic rings. The second kappa shape index (κ2) is 6.72. The van der Waals surface area contributed by atoms with Crippen molar-refractivity contribution >= 4 is 33.6 Å². The van der Waals surface area contributed by atoms with Gasteiger partial charge in [-0.2, -0.15) is 5.10 Å². The van der Waals surface area contributed by atoms with E-state index in [-0.39, 0.29) is 23.9 Å². The zero-order valence-corrected chi connectivity index (χ0v) is 18.0. The average molecular weight is 450 g/mol. The van der Waals surface area contributed by atoms with Crippen LogP contribution in [0.4, 0.5) is 4.79 Å². The molecule has 3 atom stereocenters. The number of fused-ring (bicyclic) bond motifs is 3.